The molecule has 0 spiro atoms. The number of nitrogens with zero attached hydrogens (tertiary/aromatic N) is 1. The number of rotatable bonds is 19. The van der Waals surface area contributed by atoms with E-state index < -0.39 is 24.0 Å². The second-order valence-corrected chi connectivity index (χ2v) is 14.5. The van der Waals surface area contributed by atoms with E-state index in [4.69, 9.17) is 20.9 Å². The Morgan fingerprint density at radius 3 is 1.83 bits per heavy atom. The van der Waals surface area contributed by atoms with Crippen molar-refractivity contribution < 1.29 is 23.9 Å². The Hall–Kier alpha value is -5.31. The molecule has 0 saturated carbocycles. The fraction of sp³-hybridized carbons (Fsp3) is 0.400. The molecule has 5 rings (SSSR count). The number of carbonyl (C=O) groups excluding carboxylic acids is 3. The molecule has 4 aromatic carbocycles. The third kappa shape index (κ3) is 13.1. The van der Waals surface area contributed by atoms with E-state index in [1.807, 2.05) is 104 Å². The number of fused-ring (bicyclic) bond motifs is 5. The van der Waals surface area contributed by atoms with Gasteiger partial charge in [0.1, 0.15) is 36.8 Å². The molecule has 9 N–H and O–H groups in total. The van der Waals surface area contributed by atoms with Gasteiger partial charge < -0.3 is 47.5 Å². The van der Waals surface area contributed by atoms with Gasteiger partial charge in [-0.25, -0.2) is 0 Å². The predicted octanol–water partition coefficient (Wildman–Crippen LogP) is 2.50. The molecule has 0 unspecified atom stereocenters. The topological polar surface area (TPSA) is 185 Å². The zero-order chi connectivity index (χ0) is 41.1. The van der Waals surface area contributed by atoms with Crippen LogP contribution in [-0.2, 0) is 40.4 Å². The highest BCUT2D eigenvalue weighted by Crippen LogP contribution is 2.33. The molecular weight excluding hydrogens is 733 g/mol. The van der Waals surface area contributed by atoms with Crippen LogP contribution in [0.3, 0.4) is 0 Å². The van der Waals surface area contributed by atoms with Crippen LogP contribution in [-0.4, -0.2) is 101 Å². The Labute approximate surface area is 342 Å². The number of hydrogen-bond donors (Lipinski definition) is 7. The van der Waals surface area contributed by atoms with Gasteiger partial charge in [0, 0.05) is 52.1 Å². The number of nitrogens with two attached hydrogens (primary N) is 2. The van der Waals surface area contributed by atoms with E-state index >= 15 is 0 Å². The van der Waals surface area contributed by atoms with Crippen LogP contribution in [0.1, 0.15) is 35.1 Å². The third-order valence-corrected chi connectivity index (χ3v) is 10.2. The lowest BCUT2D eigenvalue weighted by Crippen LogP contribution is -2.57. The van der Waals surface area contributed by atoms with E-state index in [0.29, 0.717) is 89.8 Å². The normalized spacial score (nSPS) is 17.1. The molecule has 0 radical (unpaired) electrons. The Balaban J connectivity index is 1.56. The molecule has 3 amide bonds. The van der Waals surface area contributed by atoms with Crippen molar-refractivity contribution in [3.05, 3.63) is 119 Å². The molecule has 0 saturated heterocycles. The van der Waals surface area contributed by atoms with Gasteiger partial charge in [0.25, 0.3) is 0 Å². The van der Waals surface area contributed by atoms with Gasteiger partial charge in [0.15, 0.2) is 0 Å². The van der Waals surface area contributed by atoms with Gasteiger partial charge in [0.05, 0.1) is 6.04 Å². The summed E-state index contributed by atoms with van der Waals surface area (Å²) < 4.78 is 12.8. The summed E-state index contributed by atoms with van der Waals surface area (Å²) in [5, 5.41) is 15.4. The van der Waals surface area contributed by atoms with Crippen molar-refractivity contribution in [1.29, 1.82) is 0 Å². The number of hydrogen-bond acceptors (Lipinski definition) is 10. The van der Waals surface area contributed by atoms with Gasteiger partial charge in [-0.3, -0.25) is 19.3 Å². The van der Waals surface area contributed by atoms with Gasteiger partial charge in [-0.15, -0.1) is 0 Å². The smallest absolute Gasteiger partial charge is 0.243 e. The quantitative estimate of drug-likeness (QED) is 0.0697. The molecule has 1 aliphatic rings. The number of carbonyl (C=O) groups is 3. The third-order valence-electron chi connectivity index (χ3n) is 10.2. The molecule has 3 atom stereocenters. The van der Waals surface area contributed by atoms with E-state index in [-0.39, 0.29) is 18.2 Å². The van der Waals surface area contributed by atoms with Crippen molar-refractivity contribution in [2.45, 2.75) is 57.0 Å². The molecule has 4 bridgehead atoms. The average molecular weight is 793 g/mol. The van der Waals surface area contributed by atoms with Crippen molar-refractivity contribution in [3.8, 4) is 22.6 Å². The maximum Gasteiger partial charge on any atom is 0.243 e. The Morgan fingerprint density at radius 2 is 1.29 bits per heavy atom. The molecule has 0 aromatic heterocycles. The fourth-order valence-electron chi connectivity index (χ4n) is 7.02. The van der Waals surface area contributed by atoms with E-state index in [0.717, 1.165) is 33.4 Å². The molecule has 310 valence electrons. The highest BCUT2D eigenvalue weighted by molar-refractivity contribution is 5.93. The van der Waals surface area contributed by atoms with Crippen LogP contribution in [0.4, 0.5) is 0 Å². The Bertz CT molecular complexity index is 1890. The van der Waals surface area contributed by atoms with Gasteiger partial charge in [-0.05, 0) is 91.1 Å². The number of nitrogens with one attached hydrogen (secondary N) is 5. The summed E-state index contributed by atoms with van der Waals surface area (Å²) in [6.07, 6.45) is 1.41. The van der Waals surface area contributed by atoms with Crippen molar-refractivity contribution in [1.82, 2.24) is 31.5 Å². The van der Waals surface area contributed by atoms with E-state index in [1.54, 1.807) is 7.05 Å². The lowest BCUT2D eigenvalue weighted by atomic mass is 9.95. The minimum atomic E-state index is -0.988. The van der Waals surface area contributed by atoms with Gasteiger partial charge in [-0.2, -0.15) is 0 Å². The minimum absolute atomic E-state index is 0.131. The van der Waals surface area contributed by atoms with Crippen LogP contribution in [0.25, 0.3) is 11.1 Å². The molecule has 0 aliphatic carbocycles. The van der Waals surface area contributed by atoms with Crippen LogP contribution in [0.15, 0.2) is 97.1 Å². The molecular formula is C45H60N8O5. The average Bonchev–Trinajstić information content (AvgIpc) is 3.24. The SMILES string of the molecule is CNCCC[C@@H]1NC(=O)[C@@H](NC)Cc2cc(ccc2OCc2ccccc2)-c2ccc(OCc3ccccc3)c(c2)C[C@@H](C(=O)NCCN(CCN)CCN)NC1=O. The largest absolute Gasteiger partial charge is 0.489 e. The first kappa shape index (κ1) is 43.8. The van der Waals surface area contributed by atoms with Crippen molar-refractivity contribution >= 4 is 17.7 Å². The molecule has 1 heterocycles. The number of benzene rings is 4. The molecule has 58 heavy (non-hydrogen) atoms. The standard InChI is InChI=1S/C45H60N8O5/c1-48-21-9-14-38-44(55)52-40(43(54)50-22-25-53(23-19-46)24-20-47)29-37-27-35(16-18-42(37)58-31-33-12-7-4-8-13-33)34-15-17-41(57-30-32-10-5-3-6-11-32)36(26-34)28-39(49-2)45(56)51-38/h3-8,10-13,15-18,26-27,38-40,48-49H,9,14,19-25,28-31,46-47H2,1-2H3,(H,50,54)(H,51,56)(H,52,55)/t38-,39-,40-/m0/s1. The van der Waals surface area contributed by atoms with Crippen LogP contribution in [0, 0.1) is 0 Å². The Kier molecular flexibility index (Phi) is 17.5. The summed E-state index contributed by atoms with van der Waals surface area (Å²) in [4.78, 5) is 44.5. The number of amides is 3. The molecule has 13 nitrogen and oxygen atoms in total. The molecule has 13 heteroatoms. The lowest BCUT2D eigenvalue weighted by Gasteiger charge is -2.26. The van der Waals surface area contributed by atoms with Crippen LogP contribution in [0.5, 0.6) is 11.5 Å². The van der Waals surface area contributed by atoms with Crippen molar-refractivity contribution in [2.75, 3.05) is 59.9 Å². The van der Waals surface area contributed by atoms with E-state index in [9.17, 15) is 14.4 Å². The van der Waals surface area contributed by atoms with Crippen molar-refractivity contribution in [3.63, 3.8) is 0 Å². The summed E-state index contributed by atoms with van der Waals surface area (Å²) in [7, 11) is 3.57. The highest BCUT2D eigenvalue weighted by atomic mass is 16.5. The second kappa shape index (κ2) is 23.2. The maximum absolute atomic E-state index is 14.3. The lowest BCUT2D eigenvalue weighted by molar-refractivity contribution is -0.132. The van der Waals surface area contributed by atoms with Gasteiger partial charge in [0.2, 0.25) is 17.7 Å². The monoisotopic (exact) mass is 792 g/mol. The van der Waals surface area contributed by atoms with Crippen LogP contribution >= 0.6 is 0 Å². The molecule has 4 aromatic rings. The van der Waals surface area contributed by atoms with Crippen LogP contribution in [0.2, 0.25) is 0 Å². The first-order chi connectivity index (χ1) is 28.3. The summed E-state index contributed by atoms with van der Waals surface area (Å²) in [5.74, 6) is 0.118. The van der Waals surface area contributed by atoms with Crippen LogP contribution < -0.4 is 47.5 Å². The zero-order valence-corrected chi connectivity index (χ0v) is 33.8. The Morgan fingerprint density at radius 1 is 0.724 bits per heavy atom. The van der Waals surface area contributed by atoms with E-state index in [1.165, 1.54) is 0 Å². The summed E-state index contributed by atoms with van der Waals surface area (Å²) in [6, 6.07) is 29.1. The molecule has 0 fully saturated rings. The summed E-state index contributed by atoms with van der Waals surface area (Å²) in [5.41, 5.74) is 17.0. The summed E-state index contributed by atoms with van der Waals surface area (Å²) in [6.45, 7) is 4.42. The number of likely N-dealkylation sites (N-methyl/N-ethyl adjacent to an activating group) is 1. The van der Waals surface area contributed by atoms with E-state index in [2.05, 4.69) is 31.5 Å². The van der Waals surface area contributed by atoms with Gasteiger partial charge in [-0.1, -0.05) is 72.8 Å². The molecule has 1 aliphatic heterocycles. The first-order valence-corrected chi connectivity index (χ1v) is 20.2. The number of ether oxygens (including phenoxy) is 2. The first-order valence-electron chi connectivity index (χ1n) is 20.2. The van der Waals surface area contributed by atoms with Crippen molar-refractivity contribution in [2.24, 2.45) is 11.5 Å². The minimum Gasteiger partial charge on any atom is -0.489 e. The predicted molar refractivity (Wildman–Crippen MR) is 228 cm³/mol. The maximum atomic E-state index is 14.3. The van der Waals surface area contributed by atoms with Gasteiger partial charge >= 0.3 is 0 Å². The second-order valence-electron chi connectivity index (χ2n) is 14.5. The zero-order valence-electron chi connectivity index (χ0n) is 33.8. The highest BCUT2D eigenvalue weighted by Gasteiger charge is 2.30. The summed E-state index contributed by atoms with van der Waals surface area (Å²) >= 11 is 0. The fourth-order valence-corrected chi connectivity index (χ4v) is 7.02.